The highest BCUT2D eigenvalue weighted by Gasteiger charge is 2.27. The minimum atomic E-state index is 0.675. The fraction of sp³-hybridized carbons (Fsp3) is 0.0357. The molecule has 0 saturated heterocycles. The molecular weight excluding hydrogens is 400 g/mol. The molecule has 0 unspecified atom stereocenters. The van der Waals surface area contributed by atoms with Gasteiger partial charge in [0.2, 0.25) is 0 Å². The van der Waals surface area contributed by atoms with Crippen molar-refractivity contribution in [3.05, 3.63) is 132 Å². The summed E-state index contributed by atoms with van der Waals surface area (Å²) in [6.45, 7) is 0.675. The lowest BCUT2D eigenvalue weighted by Crippen LogP contribution is -2.38. The summed E-state index contributed by atoms with van der Waals surface area (Å²) in [5.74, 6) is 1.12. The number of hydrogen-bond acceptors (Lipinski definition) is 0. The fourth-order valence-corrected chi connectivity index (χ4v) is 4.16. The van der Waals surface area contributed by atoms with E-state index in [1.807, 2.05) is 30.3 Å². The summed E-state index contributed by atoms with van der Waals surface area (Å²) in [5, 5.41) is 0.778. The lowest BCUT2D eigenvalue weighted by Gasteiger charge is -2.09. The van der Waals surface area contributed by atoms with Gasteiger partial charge in [-0.15, -0.1) is 0 Å². The lowest BCUT2D eigenvalue weighted by molar-refractivity contribution is -0.665. The molecule has 150 valence electrons. The third-order valence-electron chi connectivity index (χ3n) is 5.45. The summed E-state index contributed by atoms with van der Waals surface area (Å²) in [6, 6.07) is 39.6. The van der Waals surface area contributed by atoms with Crippen molar-refractivity contribution in [1.29, 1.82) is 0 Å². The van der Waals surface area contributed by atoms with Crippen LogP contribution in [0.5, 0.6) is 0 Å². The third-order valence-corrected chi connectivity index (χ3v) is 5.82. The molecule has 0 amide bonds. The molecule has 0 saturated carbocycles. The summed E-state index contributed by atoms with van der Waals surface area (Å²) in [6.07, 6.45) is 2.23. The second-order valence-electron chi connectivity index (χ2n) is 7.45. The van der Waals surface area contributed by atoms with Crippen LogP contribution in [0.15, 0.2) is 121 Å². The Morgan fingerprint density at radius 3 is 1.81 bits per heavy atom. The van der Waals surface area contributed by atoms with Crippen LogP contribution in [0.1, 0.15) is 5.56 Å². The van der Waals surface area contributed by atoms with Gasteiger partial charge in [0.1, 0.15) is 18.4 Å². The van der Waals surface area contributed by atoms with Crippen LogP contribution in [0.25, 0.3) is 28.3 Å². The van der Waals surface area contributed by atoms with Crippen molar-refractivity contribution >= 4 is 11.6 Å². The molecule has 0 spiro atoms. The van der Waals surface area contributed by atoms with E-state index in [4.69, 9.17) is 11.6 Å². The van der Waals surface area contributed by atoms with Crippen LogP contribution in [0.2, 0.25) is 5.02 Å². The molecule has 2 nitrogen and oxygen atoms in total. The Morgan fingerprint density at radius 2 is 1.16 bits per heavy atom. The number of nitrogens with zero attached hydrogens (tertiary/aromatic N) is 2. The fourth-order valence-electron chi connectivity index (χ4n) is 3.96. The van der Waals surface area contributed by atoms with Crippen molar-refractivity contribution in [3.8, 4) is 28.3 Å². The van der Waals surface area contributed by atoms with Crippen LogP contribution in [0.3, 0.4) is 0 Å². The van der Waals surface area contributed by atoms with Gasteiger partial charge in [0, 0.05) is 16.1 Å². The minimum Gasteiger partial charge on any atom is -0.218 e. The molecule has 5 aromatic rings. The van der Waals surface area contributed by atoms with Gasteiger partial charge in [-0.05, 0) is 30.3 Å². The maximum atomic E-state index is 6.57. The summed E-state index contributed by atoms with van der Waals surface area (Å²) in [5.41, 5.74) is 5.68. The lowest BCUT2D eigenvalue weighted by atomic mass is 10.1. The number of benzene rings is 4. The predicted molar refractivity (Wildman–Crippen MR) is 127 cm³/mol. The molecule has 0 N–H and O–H groups in total. The summed E-state index contributed by atoms with van der Waals surface area (Å²) in [7, 11) is 0. The first-order valence-electron chi connectivity index (χ1n) is 10.4. The van der Waals surface area contributed by atoms with Crippen LogP contribution < -0.4 is 4.57 Å². The minimum absolute atomic E-state index is 0.675. The number of hydrogen-bond donors (Lipinski definition) is 0. The number of aromatic nitrogens is 2. The SMILES string of the molecule is Clc1ccccc1C[n+]1c(-c2ccccc2)cn(-c2ccccc2)c1-c1ccccc1. The van der Waals surface area contributed by atoms with Gasteiger partial charge in [0.05, 0.1) is 5.56 Å². The first-order valence-corrected chi connectivity index (χ1v) is 10.7. The Morgan fingerprint density at radius 1 is 0.613 bits per heavy atom. The second kappa shape index (κ2) is 8.63. The van der Waals surface area contributed by atoms with E-state index in [2.05, 4.69) is 100 Å². The Balaban J connectivity index is 1.81. The molecular formula is C28H22ClN2+. The zero-order valence-electron chi connectivity index (χ0n) is 17.0. The standard InChI is InChI=1S/C28H22ClN2/c29-26-19-11-10-16-24(26)20-31-27(22-12-4-1-5-13-22)21-30(25-17-8-3-9-18-25)28(31)23-14-6-2-7-15-23/h1-19,21H,20H2/q+1. The van der Waals surface area contributed by atoms with Crippen LogP contribution in [-0.4, -0.2) is 4.57 Å². The molecule has 1 heterocycles. The molecule has 0 aliphatic carbocycles. The predicted octanol–water partition coefficient (Wildman–Crippen LogP) is 6.80. The maximum Gasteiger partial charge on any atom is 0.294 e. The average Bonchev–Trinajstić information content (AvgIpc) is 3.21. The van der Waals surface area contributed by atoms with E-state index in [1.54, 1.807) is 0 Å². The number of imidazole rings is 1. The molecule has 5 rings (SSSR count). The summed E-state index contributed by atoms with van der Waals surface area (Å²) in [4.78, 5) is 0. The van der Waals surface area contributed by atoms with Crippen molar-refractivity contribution in [2.45, 2.75) is 6.54 Å². The van der Waals surface area contributed by atoms with Gasteiger partial charge in [-0.2, -0.15) is 4.57 Å². The van der Waals surface area contributed by atoms with Crippen molar-refractivity contribution in [1.82, 2.24) is 4.57 Å². The largest absolute Gasteiger partial charge is 0.294 e. The molecule has 3 heteroatoms. The van der Waals surface area contributed by atoms with Crippen molar-refractivity contribution < 1.29 is 4.57 Å². The van der Waals surface area contributed by atoms with E-state index in [0.717, 1.165) is 33.4 Å². The topological polar surface area (TPSA) is 8.81 Å². The van der Waals surface area contributed by atoms with Gasteiger partial charge in [-0.25, -0.2) is 4.57 Å². The van der Waals surface area contributed by atoms with Crippen LogP contribution >= 0.6 is 11.6 Å². The smallest absolute Gasteiger partial charge is 0.218 e. The van der Waals surface area contributed by atoms with Crippen LogP contribution in [0, 0.1) is 0 Å². The number of halogens is 1. The quantitative estimate of drug-likeness (QED) is 0.276. The second-order valence-corrected chi connectivity index (χ2v) is 7.86. The Bertz CT molecular complexity index is 1290. The Kier molecular flexibility index (Phi) is 5.39. The van der Waals surface area contributed by atoms with E-state index >= 15 is 0 Å². The molecule has 0 bridgehead atoms. The van der Waals surface area contributed by atoms with Gasteiger partial charge in [0.25, 0.3) is 5.82 Å². The molecule has 0 fully saturated rings. The third kappa shape index (κ3) is 3.90. The van der Waals surface area contributed by atoms with Crippen molar-refractivity contribution in [2.75, 3.05) is 0 Å². The normalized spacial score (nSPS) is 10.9. The molecule has 0 aliphatic rings. The summed E-state index contributed by atoms with van der Waals surface area (Å²) >= 11 is 6.57. The molecule has 31 heavy (non-hydrogen) atoms. The molecule has 1 aromatic heterocycles. The van der Waals surface area contributed by atoms with Gasteiger partial charge in [0.15, 0.2) is 5.69 Å². The molecule has 0 atom stereocenters. The van der Waals surface area contributed by atoms with Crippen molar-refractivity contribution in [3.63, 3.8) is 0 Å². The van der Waals surface area contributed by atoms with Gasteiger partial charge >= 0.3 is 0 Å². The number of para-hydroxylation sites is 1. The van der Waals surface area contributed by atoms with E-state index in [9.17, 15) is 0 Å². The first-order chi connectivity index (χ1) is 15.3. The highest BCUT2D eigenvalue weighted by atomic mass is 35.5. The Labute approximate surface area is 187 Å². The zero-order chi connectivity index (χ0) is 21.0. The highest BCUT2D eigenvalue weighted by molar-refractivity contribution is 6.31. The molecule has 0 aliphatic heterocycles. The average molecular weight is 422 g/mol. The van der Waals surface area contributed by atoms with Gasteiger partial charge in [-0.1, -0.05) is 96.5 Å². The zero-order valence-corrected chi connectivity index (χ0v) is 17.8. The maximum absolute atomic E-state index is 6.57. The van der Waals surface area contributed by atoms with E-state index in [1.165, 1.54) is 5.56 Å². The first kappa shape index (κ1) is 19.3. The van der Waals surface area contributed by atoms with Crippen molar-refractivity contribution in [2.24, 2.45) is 0 Å². The highest BCUT2D eigenvalue weighted by Crippen LogP contribution is 2.27. The van der Waals surface area contributed by atoms with E-state index in [-0.39, 0.29) is 0 Å². The monoisotopic (exact) mass is 421 g/mol. The van der Waals surface area contributed by atoms with Crippen LogP contribution in [-0.2, 0) is 6.54 Å². The Hall–Kier alpha value is -3.62. The molecule has 0 radical (unpaired) electrons. The van der Waals surface area contributed by atoms with E-state index < -0.39 is 0 Å². The van der Waals surface area contributed by atoms with Gasteiger partial charge < -0.3 is 0 Å². The van der Waals surface area contributed by atoms with Crippen LogP contribution in [0.4, 0.5) is 0 Å². The van der Waals surface area contributed by atoms with Gasteiger partial charge in [-0.3, -0.25) is 0 Å². The summed E-state index contributed by atoms with van der Waals surface area (Å²) < 4.78 is 4.63. The number of rotatable bonds is 5. The van der Waals surface area contributed by atoms with E-state index in [0.29, 0.717) is 6.54 Å². The molecule has 4 aromatic carbocycles.